The largest absolute Gasteiger partial charge is 0.383 e. The molecule has 3 nitrogen and oxygen atoms in total. The maximum Gasteiger partial charge on any atom is 0.288 e. The van der Waals surface area contributed by atoms with Crippen molar-refractivity contribution in [3.63, 3.8) is 0 Å². The number of nitrogens with one attached hydrogen (secondary N) is 1. The molecule has 0 spiro atoms. The Kier molecular flexibility index (Phi) is 6.57. The van der Waals surface area contributed by atoms with Crippen LogP contribution in [0.5, 0.6) is 0 Å². The van der Waals surface area contributed by atoms with Crippen LogP contribution in [0.4, 0.5) is 14.5 Å². The maximum atomic E-state index is 12.4. The van der Waals surface area contributed by atoms with Gasteiger partial charge in [-0.1, -0.05) is 30.8 Å². The lowest BCUT2D eigenvalue weighted by molar-refractivity contribution is 0.252. The van der Waals surface area contributed by atoms with E-state index >= 15 is 0 Å². The molecule has 0 atom stereocenters. The Labute approximate surface area is 116 Å². The second kappa shape index (κ2) is 7.69. The summed E-state index contributed by atoms with van der Waals surface area (Å²) >= 11 is 0.448. The van der Waals surface area contributed by atoms with Crippen LogP contribution in [0.25, 0.3) is 0 Å². The lowest BCUT2D eigenvalue weighted by Crippen LogP contribution is -2.18. The number of anilines is 1. The summed E-state index contributed by atoms with van der Waals surface area (Å²) in [6.07, 6.45) is 0.583. The zero-order valence-corrected chi connectivity index (χ0v) is 12.2. The van der Waals surface area contributed by atoms with Gasteiger partial charge in [0, 0.05) is 22.9 Å². The first-order chi connectivity index (χ1) is 8.94. The number of sulfone groups is 1. The Morgan fingerprint density at radius 3 is 2.58 bits per heavy atom. The van der Waals surface area contributed by atoms with Crippen molar-refractivity contribution in [2.45, 2.75) is 24.0 Å². The quantitative estimate of drug-likeness (QED) is 0.749. The van der Waals surface area contributed by atoms with Crippen molar-refractivity contribution in [2.24, 2.45) is 0 Å². The smallest absolute Gasteiger partial charge is 0.288 e. The van der Waals surface area contributed by atoms with Gasteiger partial charge in [0.15, 0.2) is 9.84 Å². The molecule has 0 aromatic heterocycles. The number of hydrogen-bond donors (Lipinski definition) is 1. The van der Waals surface area contributed by atoms with Gasteiger partial charge in [0.1, 0.15) is 0 Å². The number of alkyl halides is 2. The average Bonchev–Trinajstić information content (AvgIpc) is 2.30. The highest BCUT2D eigenvalue weighted by Gasteiger charge is 2.11. The van der Waals surface area contributed by atoms with Gasteiger partial charge in [-0.3, -0.25) is 0 Å². The molecular weight excluding hydrogens is 292 g/mol. The predicted octanol–water partition coefficient (Wildman–Crippen LogP) is 3.24. The minimum absolute atomic E-state index is 0.00845. The van der Waals surface area contributed by atoms with E-state index in [1.54, 1.807) is 31.2 Å². The fraction of sp³-hybridized carbons (Fsp3) is 0.500. The molecule has 0 amide bonds. The first-order valence-electron chi connectivity index (χ1n) is 5.92. The molecule has 1 aromatic carbocycles. The van der Waals surface area contributed by atoms with Crippen molar-refractivity contribution < 1.29 is 17.2 Å². The number of benzene rings is 1. The molecule has 0 heterocycles. The van der Waals surface area contributed by atoms with Gasteiger partial charge in [0.2, 0.25) is 0 Å². The van der Waals surface area contributed by atoms with Gasteiger partial charge in [-0.05, 0) is 18.6 Å². The molecule has 1 rings (SSSR count). The van der Waals surface area contributed by atoms with Crippen LogP contribution in [0.2, 0.25) is 0 Å². The van der Waals surface area contributed by atoms with E-state index in [0.717, 1.165) is 0 Å². The topological polar surface area (TPSA) is 46.2 Å². The molecule has 19 heavy (non-hydrogen) atoms. The van der Waals surface area contributed by atoms with E-state index in [1.165, 1.54) is 0 Å². The standard InChI is InChI=1S/C12H17F2NO2S2/c1-2-8-19(16,17)9-7-15-10-5-3-4-6-11(10)18-12(13)14/h3-6,12,15H,2,7-9H2,1H3. The third-order valence-corrected chi connectivity index (χ3v) is 4.99. The Bertz CT molecular complexity index is 492. The summed E-state index contributed by atoms with van der Waals surface area (Å²) in [6.45, 7) is 2.03. The van der Waals surface area contributed by atoms with E-state index in [1.807, 2.05) is 0 Å². The second-order valence-corrected chi connectivity index (χ2v) is 7.29. The third-order valence-electron chi connectivity index (χ3n) is 2.35. The molecule has 0 saturated carbocycles. The van der Waals surface area contributed by atoms with E-state index in [9.17, 15) is 17.2 Å². The zero-order valence-electron chi connectivity index (χ0n) is 10.6. The van der Waals surface area contributed by atoms with Gasteiger partial charge in [-0.15, -0.1) is 0 Å². The highest BCUT2D eigenvalue weighted by molar-refractivity contribution is 7.99. The van der Waals surface area contributed by atoms with Crippen molar-refractivity contribution >= 4 is 27.3 Å². The molecule has 108 valence electrons. The Morgan fingerprint density at radius 2 is 1.95 bits per heavy atom. The van der Waals surface area contributed by atoms with E-state index in [2.05, 4.69) is 5.32 Å². The van der Waals surface area contributed by atoms with Crippen LogP contribution in [0, 0.1) is 0 Å². The monoisotopic (exact) mass is 309 g/mol. The van der Waals surface area contributed by atoms with E-state index in [4.69, 9.17) is 0 Å². The lowest BCUT2D eigenvalue weighted by Gasteiger charge is -2.11. The minimum atomic E-state index is -3.06. The van der Waals surface area contributed by atoms with Gasteiger partial charge in [0.05, 0.1) is 5.75 Å². The SMILES string of the molecule is CCCS(=O)(=O)CCNc1ccccc1SC(F)F. The van der Waals surface area contributed by atoms with Crippen LogP contribution in [-0.2, 0) is 9.84 Å². The molecule has 0 saturated heterocycles. The molecule has 0 aliphatic carbocycles. The van der Waals surface area contributed by atoms with Gasteiger partial charge in [0.25, 0.3) is 5.76 Å². The van der Waals surface area contributed by atoms with Crippen molar-refractivity contribution in [1.29, 1.82) is 0 Å². The van der Waals surface area contributed by atoms with Crippen molar-refractivity contribution in [1.82, 2.24) is 0 Å². The average molecular weight is 309 g/mol. The fourth-order valence-corrected chi connectivity index (χ4v) is 3.42. The number of para-hydroxylation sites is 1. The highest BCUT2D eigenvalue weighted by Crippen LogP contribution is 2.31. The van der Waals surface area contributed by atoms with E-state index < -0.39 is 15.6 Å². The summed E-state index contributed by atoms with van der Waals surface area (Å²) in [7, 11) is -3.06. The number of thioether (sulfide) groups is 1. The summed E-state index contributed by atoms with van der Waals surface area (Å²) in [5.41, 5.74) is 0.541. The Morgan fingerprint density at radius 1 is 1.26 bits per heavy atom. The van der Waals surface area contributed by atoms with Crippen LogP contribution in [0.3, 0.4) is 0 Å². The van der Waals surface area contributed by atoms with E-state index in [0.29, 0.717) is 28.8 Å². The van der Waals surface area contributed by atoms with Gasteiger partial charge >= 0.3 is 0 Å². The lowest BCUT2D eigenvalue weighted by atomic mass is 10.3. The first kappa shape index (κ1) is 16.2. The van der Waals surface area contributed by atoms with Crippen LogP contribution in [0.15, 0.2) is 29.2 Å². The van der Waals surface area contributed by atoms with Gasteiger partial charge < -0.3 is 5.32 Å². The third kappa shape index (κ3) is 6.24. The Balaban J connectivity index is 2.58. The molecule has 0 radical (unpaired) electrons. The molecule has 0 bridgehead atoms. The Hall–Kier alpha value is -0.820. The first-order valence-corrected chi connectivity index (χ1v) is 8.63. The molecule has 0 fully saturated rings. The predicted molar refractivity (Wildman–Crippen MR) is 75.7 cm³/mol. The molecule has 1 aromatic rings. The molecule has 0 unspecified atom stereocenters. The van der Waals surface area contributed by atoms with Gasteiger partial charge in [-0.2, -0.15) is 8.78 Å². The van der Waals surface area contributed by atoms with Crippen LogP contribution in [-0.4, -0.2) is 32.2 Å². The summed E-state index contributed by atoms with van der Waals surface area (Å²) in [5.74, 6) is -2.33. The normalized spacial score (nSPS) is 11.8. The van der Waals surface area contributed by atoms with Crippen LogP contribution >= 0.6 is 11.8 Å². The molecule has 7 heteroatoms. The minimum Gasteiger partial charge on any atom is -0.383 e. The van der Waals surface area contributed by atoms with Crippen LogP contribution < -0.4 is 5.32 Å². The summed E-state index contributed by atoms with van der Waals surface area (Å²) in [6, 6.07) is 6.64. The zero-order chi connectivity index (χ0) is 14.3. The van der Waals surface area contributed by atoms with Crippen molar-refractivity contribution in [2.75, 3.05) is 23.4 Å². The van der Waals surface area contributed by atoms with Crippen molar-refractivity contribution in [3.8, 4) is 0 Å². The number of hydrogen-bond acceptors (Lipinski definition) is 4. The molecule has 0 aliphatic heterocycles. The summed E-state index contributed by atoms with van der Waals surface area (Å²) in [4.78, 5) is 0.422. The fourth-order valence-electron chi connectivity index (χ4n) is 1.57. The number of halogens is 2. The van der Waals surface area contributed by atoms with Crippen molar-refractivity contribution in [3.05, 3.63) is 24.3 Å². The summed E-state index contributed by atoms with van der Waals surface area (Å²) in [5, 5.41) is 2.90. The maximum absolute atomic E-state index is 12.4. The van der Waals surface area contributed by atoms with Crippen LogP contribution in [0.1, 0.15) is 13.3 Å². The summed E-state index contributed by atoms with van der Waals surface area (Å²) < 4.78 is 47.7. The second-order valence-electron chi connectivity index (χ2n) is 3.95. The number of rotatable bonds is 8. The molecular formula is C12H17F2NO2S2. The van der Waals surface area contributed by atoms with E-state index in [-0.39, 0.29) is 18.1 Å². The molecule has 1 N–H and O–H groups in total. The highest BCUT2D eigenvalue weighted by atomic mass is 32.2. The molecule has 0 aliphatic rings. The van der Waals surface area contributed by atoms with Gasteiger partial charge in [-0.25, -0.2) is 8.42 Å².